The zero-order valence-corrected chi connectivity index (χ0v) is 23.6. The Morgan fingerprint density at radius 1 is 0.902 bits per heavy atom. The Labute approximate surface area is 239 Å². The lowest BCUT2D eigenvalue weighted by molar-refractivity contribution is -0.131. The molecular formula is C32H33N5O4. The average Bonchev–Trinajstić information content (AvgIpc) is 2.95. The van der Waals surface area contributed by atoms with Gasteiger partial charge in [-0.1, -0.05) is 43.7 Å². The van der Waals surface area contributed by atoms with Gasteiger partial charge in [-0.25, -0.2) is 9.97 Å². The van der Waals surface area contributed by atoms with E-state index in [1.807, 2.05) is 61.5 Å². The molecule has 0 unspecified atom stereocenters. The Morgan fingerprint density at radius 3 is 2.17 bits per heavy atom. The summed E-state index contributed by atoms with van der Waals surface area (Å²) in [6, 6.07) is 23.8. The van der Waals surface area contributed by atoms with Crippen molar-refractivity contribution >= 4 is 29.1 Å². The number of ether oxygens (including phenoxy) is 2. The number of benzene rings is 3. The monoisotopic (exact) mass is 551 g/mol. The van der Waals surface area contributed by atoms with Crippen LogP contribution in [0.25, 0.3) is 0 Å². The van der Waals surface area contributed by atoms with Gasteiger partial charge in [0.05, 0.1) is 5.71 Å². The molecule has 0 saturated heterocycles. The number of carbonyl (C=O) groups is 2. The highest BCUT2D eigenvalue weighted by Crippen LogP contribution is 2.30. The summed E-state index contributed by atoms with van der Waals surface area (Å²) in [4.78, 5) is 35.5. The molecule has 1 heterocycles. The van der Waals surface area contributed by atoms with Crippen molar-refractivity contribution in [3.05, 3.63) is 102 Å². The van der Waals surface area contributed by atoms with Gasteiger partial charge < -0.3 is 25.1 Å². The maximum atomic E-state index is 12.8. The van der Waals surface area contributed by atoms with Crippen molar-refractivity contribution in [1.29, 1.82) is 5.41 Å². The Morgan fingerprint density at radius 2 is 1.56 bits per heavy atom. The summed E-state index contributed by atoms with van der Waals surface area (Å²) in [5, 5.41) is 11.4. The highest BCUT2D eigenvalue weighted by atomic mass is 16.5. The van der Waals surface area contributed by atoms with E-state index >= 15 is 0 Å². The normalized spacial score (nSPS) is 10.5. The van der Waals surface area contributed by atoms with Crippen molar-refractivity contribution in [1.82, 2.24) is 9.97 Å². The summed E-state index contributed by atoms with van der Waals surface area (Å²) in [6.07, 6.45) is 1.65. The summed E-state index contributed by atoms with van der Waals surface area (Å²) in [6.45, 7) is 3.29. The highest BCUT2D eigenvalue weighted by molar-refractivity contribution is 6.04. The molecule has 9 heteroatoms. The fourth-order valence-electron chi connectivity index (χ4n) is 4.07. The number of carbonyl (C=O) groups excluding carboxylic acids is 2. The van der Waals surface area contributed by atoms with Crippen LogP contribution in [0, 0.1) is 5.41 Å². The molecular weight excluding hydrogens is 518 g/mol. The number of aromatic nitrogens is 2. The molecule has 3 aromatic carbocycles. The summed E-state index contributed by atoms with van der Waals surface area (Å²) in [7, 11) is 3.60. The van der Waals surface area contributed by atoms with Crippen LogP contribution in [0.15, 0.2) is 78.9 Å². The fraction of sp³-hybridized carbons (Fsp3) is 0.219. The van der Waals surface area contributed by atoms with Crippen LogP contribution in [-0.4, -0.2) is 41.7 Å². The van der Waals surface area contributed by atoms with Crippen LogP contribution in [0.4, 0.5) is 11.5 Å². The molecule has 41 heavy (non-hydrogen) atoms. The zero-order valence-electron chi connectivity index (χ0n) is 23.6. The molecule has 0 atom stereocenters. The first-order valence-corrected chi connectivity index (χ1v) is 13.3. The number of para-hydroxylation sites is 1. The van der Waals surface area contributed by atoms with Gasteiger partial charge in [-0.3, -0.25) is 9.59 Å². The third-order valence-electron chi connectivity index (χ3n) is 6.02. The molecule has 1 aromatic heterocycles. The van der Waals surface area contributed by atoms with Crippen LogP contribution in [0.1, 0.15) is 54.1 Å². The van der Waals surface area contributed by atoms with E-state index < -0.39 is 5.97 Å². The molecule has 9 nitrogen and oxygen atoms in total. The Bertz CT molecular complexity index is 1520. The fourth-order valence-corrected chi connectivity index (χ4v) is 4.07. The zero-order chi connectivity index (χ0) is 29.4. The van der Waals surface area contributed by atoms with Crippen LogP contribution in [-0.2, 0) is 11.2 Å². The SMILES string of the molecule is CCCC(=N)c1nc(Cc2ccc(NC(=O)c3ccc(Oc4ccccc4)cc3)cc2)nc(N(C)C)c1OC(C)=O. The predicted molar refractivity (Wildman–Crippen MR) is 160 cm³/mol. The molecule has 0 spiro atoms. The van der Waals surface area contributed by atoms with Crippen LogP contribution >= 0.6 is 0 Å². The highest BCUT2D eigenvalue weighted by Gasteiger charge is 2.22. The standard InChI is InChI=1S/C32H33N5O4/c1-5-9-27(33)29-30(40-21(2)38)31(37(3)4)36-28(35-29)20-22-12-16-24(17-13-22)34-32(39)23-14-18-26(19-15-23)41-25-10-7-6-8-11-25/h6-8,10-19,33H,5,9,20H2,1-4H3,(H,34,39). The van der Waals surface area contributed by atoms with Gasteiger partial charge in [0.25, 0.3) is 5.91 Å². The summed E-state index contributed by atoms with van der Waals surface area (Å²) in [5.74, 6) is 1.77. The minimum absolute atomic E-state index is 0.197. The number of esters is 1. The number of amides is 1. The quantitative estimate of drug-likeness (QED) is 0.167. The van der Waals surface area contributed by atoms with E-state index in [2.05, 4.69) is 15.3 Å². The number of hydrogen-bond acceptors (Lipinski definition) is 8. The van der Waals surface area contributed by atoms with Crippen molar-refractivity contribution in [2.75, 3.05) is 24.3 Å². The molecule has 0 radical (unpaired) electrons. The summed E-state index contributed by atoms with van der Waals surface area (Å²) < 4.78 is 11.2. The molecule has 4 aromatic rings. The molecule has 0 saturated carbocycles. The smallest absolute Gasteiger partial charge is 0.308 e. The maximum Gasteiger partial charge on any atom is 0.308 e. The summed E-state index contributed by atoms with van der Waals surface area (Å²) >= 11 is 0. The Hall–Kier alpha value is -5.05. The third-order valence-corrected chi connectivity index (χ3v) is 6.02. The van der Waals surface area contributed by atoms with Gasteiger partial charge in [-0.2, -0.15) is 0 Å². The Kier molecular flexibility index (Phi) is 9.42. The van der Waals surface area contributed by atoms with Crippen LogP contribution < -0.4 is 19.7 Å². The molecule has 210 valence electrons. The van der Waals surface area contributed by atoms with E-state index in [0.717, 1.165) is 17.7 Å². The summed E-state index contributed by atoms with van der Waals surface area (Å²) in [5.41, 5.74) is 2.68. The van der Waals surface area contributed by atoms with E-state index in [0.29, 0.717) is 47.2 Å². The molecule has 1 amide bonds. The second-order valence-corrected chi connectivity index (χ2v) is 9.63. The number of rotatable bonds is 11. The molecule has 4 rings (SSSR count). The van der Waals surface area contributed by atoms with Gasteiger partial charge in [0, 0.05) is 38.7 Å². The van der Waals surface area contributed by atoms with Crippen molar-refractivity contribution < 1.29 is 19.1 Å². The van der Waals surface area contributed by atoms with Gasteiger partial charge in [-0.05, 0) is 60.5 Å². The lowest BCUT2D eigenvalue weighted by Gasteiger charge is -2.19. The van der Waals surface area contributed by atoms with Crippen molar-refractivity contribution in [2.24, 2.45) is 0 Å². The number of nitrogens with zero attached hydrogens (tertiary/aromatic N) is 3. The van der Waals surface area contributed by atoms with E-state index in [-0.39, 0.29) is 17.4 Å². The largest absolute Gasteiger partial charge is 0.457 e. The topological polar surface area (TPSA) is 118 Å². The second kappa shape index (κ2) is 13.3. The molecule has 2 N–H and O–H groups in total. The maximum absolute atomic E-state index is 12.8. The average molecular weight is 552 g/mol. The van der Waals surface area contributed by atoms with Crippen molar-refractivity contribution in [3.63, 3.8) is 0 Å². The Balaban J connectivity index is 1.46. The lowest BCUT2D eigenvalue weighted by atomic mass is 10.1. The molecule has 0 bridgehead atoms. The lowest BCUT2D eigenvalue weighted by Crippen LogP contribution is -2.20. The molecule has 0 aliphatic rings. The first-order valence-electron chi connectivity index (χ1n) is 13.3. The van der Waals surface area contributed by atoms with Gasteiger partial charge in [0.2, 0.25) is 5.75 Å². The number of nitrogens with one attached hydrogen (secondary N) is 2. The van der Waals surface area contributed by atoms with E-state index in [9.17, 15) is 9.59 Å². The molecule has 0 aliphatic carbocycles. The van der Waals surface area contributed by atoms with Crippen molar-refractivity contribution in [2.45, 2.75) is 33.1 Å². The molecule has 0 aliphatic heterocycles. The van der Waals surface area contributed by atoms with E-state index in [1.165, 1.54) is 6.92 Å². The number of anilines is 2. The minimum atomic E-state index is -0.496. The van der Waals surface area contributed by atoms with E-state index in [1.54, 1.807) is 43.3 Å². The predicted octanol–water partition coefficient (Wildman–Crippen LogP) is 6.27. The van der Waals surface area contributed by atoms with Gasteiger partial charge >= 0.3 is 5.97 Å². The van der Waals surface area contributed by atoms with Gasteiger partial charge in [0.1, 0.15) is 23.0 Å². The molecule has 0 fully saturated rings. The first kappa shape index (κ1) is 28.9. The van der Waals surface area contributed by atoms with Crippen LogP contribution in [0.3, 0.4) is 0 Å². The van der Waals surface area contributed by atoms with Crippen molar-refractivity contribution in [3.8, 4) is 17.2 Å². The number of hydrogen-bond donors (Lipinski definition) is 2. The van der Waals surface area contributed by atoms with Crippen LogP contribution in [0.5, 0.6) is 17.2 Å². The second-order valence-electron chi connectivity index (χ2n) is 9.63. The van der Waals surface area contributed by atoms with Crippen LogP contribution in [0.2, 0.25) is 0 Å². The van der Waals surface area contributed by atoms with E-state index in [4.69, 9.17) is 14.9 Å². The first-order chi connectivity index (χ1) is 19.7. The minimum Gasteiger partial charge on any atom is -0.457 e. The van der Waals surface area contributed by atoms with Gasteiger partial charge in [-0.15, -0.1) is 0 Å². The third kappa shape index (κ3) is 7.76. The van der Waals surface area contributed by atoms with Gasteiger partial charge in [0.15, 0.2) is 5.82 Å².